The van der Waals surface area contributed by atoms with Gasteiger partial charge in [0.15, 0.2) is 0 Å². The number of thioether (sulfide) groups is 1. The van der Waals surface area contributed by atoms with Crippen LogP contribution in [0.1, 0.15) is 49.4 Å². The molecule has 35 heavy (non-hydrogen) atoms. The summed E-state index contributed by atoms with van der Waals surface area (Å²) in [5, 5.41) is 3.11. The van der Waals surface area contributed by atoms with Gasteiger partial charge >= 0.3 is 12.3 Å². The zero-order valence-electron chi connectivity index (χ0n) is 20.2. The van der Waals surface area contributed by atoms with Gasteiger partial charge in [0.05, 0.1) is 11.6 Å². The Bertz CT molecular complexity index is 1130. The lowest BCUT2D eigenvalue weighted by atomic mass is 9.85. The quantitative estimate of drug-likeness (QED) is 0.480. The molecule has 2 aromatic rings. The van der Waals surface area contributed by atoms with Gasteiger partial charge in [-0.25, -0.2) is 4.79 Å². The number of nitrogens with one attached hydrogen (secondary N) is 1. The molecule has 3 heterocycles. The number of rotatable bonds is 4. The molecule has 2 atom stereocenters. The van der Waals surface area contributed by atoms with Crippen LogP contribution in [0.2, 0.25) is 0 Å². The molecular formula is C27H31F3N2O2S. The number of carbonyl (C=O) groups is 1. The van der Waals surface area contributed by atoms with Crippen LogP contribution in [0.5, 0.6) is 0 Å². The summed E-state index contributed by atoms with van der Waals surface area (Å²) >= 11 is 1.29. The molecule has 1 amide bonds. The molecule has 0 spiro atoms. The maximum absolute atomic E-state index is 13.4. The van der Waals surface area contributed by atoms with Crippen LogP contribution in [0, 0.1) is 11.3 Å². The summed E-state index contributed by atoms with van der Waals surface area (Å²) in [7, 11) is 0. The molecule has 3 aliphatic heterocycles. The highest BCUT2D eigenvalue weighted by Gasteiger charge is 2.42. The van der Waals surface area contributed by atoms with Gasteiger partial charge in [0.1, 0.15) is 6.10 Å². The second-order valence-electron chi connectivity index (χ2n) is 10.7. The predicted molar refractivity (Wildman–Crippen MR) is 131 cm³/mol. The van der Waals surface area contributed by atoms with E-state index in [0.717, 1.165) is 55.6 Å². The van der Waals surface area contributed by atoms with E-state index in [-0.39, 0.29) is 23.7 Å². The first kappa shape index (κ1) is 24.5. The number of alkyl carbamates (subject to hydrolysis) is 1. The number of piperidine rings is 3. The van der Waals surface area contributed by atoms with E-state index in [2.05, 4.69) is 24.1 Å². The Labute approximate surface area is 208 Å². The molecule has 1 aliphatic carbocycles. The first-order chi connectivity index (χ1) is 16.5. The van der Waals surface area contributed by atoms with Crippen molar-refractivity contribution in [1.29, 1.82) is 0 Å². The molecule has 1 N–H and O–H groups in total. The molecule has 4 aliphatic rings. The van der Waals surface area contributed by atoms with Crippen molar-refractivity contribution in [3.8, 4) is 11.1 Å². The Morgan fingerprint density at radius 1 is 1.11 bits per heavy atom. The second-order valence-corrected chi connectivity index (χ2v) is 11.6. The highest BCUT2D eigenvalue weighted by Crippen LogP contribution is 2.47. The number of benzene rings is 2. The van der Waals surface area contributed by atoms with Gasteiger partial charge in [-0.3, -0.25) is 4.90 Å². The van der Waals surface area contributed by atoms with E-state index in [1.54, 1.807) is 12.3 Å². The third kappa shape index (κ3) is 4.92. The molecule has 0 saturated carbocycles. The summed E-state index contributed by atoms with van der Waals surface area (Å²) in [5.41, 5.74) is 2.45. The first-order valence-electron chi connectivity index (χ1n) is 12.1. The minimum Gasteiger partial charge on any atom is -0.445 e. The summed E-state index contributed by atoms with van der Waals surface area (Å²) in [5.74, 6) is 0.441. The lowest BCUT2D eigenvalue weighted by molar-refractivity contribution is -0.137. The SMILES string of the molecule is CSc1cc(-c2ccc3c(c2)CC(C)(C)C3NC(=O)O[C@H]2CN3CCC2CC3)cc(C(F)(F)F)c1. The fourth-order valence-corrected chi connectivity index (χ4v) is 6.38. The van der Waals surface area contributed by atoms with E-state index >= 15 is 0 Å². The van der Waals surface area contributed by atoms with Crippen LogP contribution < -0.4 is 5.32 Å². The number of amides is 1. The van der Waals surface area contributed by atoms with Gasteiger partial charge in [0, 0.05) is 11.4 Å². The highest BCUT2D eigenvalue weighted by atomic mass is 32.2. The van der Waals surface area contributed by atoms with Crippen LogP contribution in [0.25, 0.3) is 11.1 Å². The predicted octanol–water partition coefficient (Wildman–Crippen LogP) is 6.54. The molecule has 188 valence electrons. The average molecular weight is 505 g/mol. The summed E-state index contributed by atoms with van der Waals surface area (Å²) in [6.07, 6.45) is -0.205. The van der Waals surface area contributed by atoms with Crippen LogP contribution >= 0.6 is 11.8 Å². The van der Waals surface area contributed by atoms with Gasteiger partial charge in [-0.15, -0.1) is 11.8 Å². The molecule has 3 saturated heterocycles. The van der Waals surface area contributed by atoms with Crippen molar-refractivity contribution in [3.63, 3.8) is 0 Å². The van der Waals surface area contributed by atoms with E-state index < -0.39 is 11.7 Å². The van der Waals surface area contributed by atoms with Crippen molar-refractivity contribution in [3.05, 3.63) is 53.1 Å². The van der Waals surface area contributed by atoms with Crippen LogP contribution in [0.3, 0.4) is 0 Å². The number of halogens is 3. The number of fused-ring (bicyclic) bond motifs is 4. The zero-order valence-corrected chi connectivity index (χ0v) is 21.1. The maximum atomic E-state index is 13.4. The summed E-state index contributed by atoms with van der Waals surface area (Å²) in [4.78, 5) is 15.8. The molecule has 4 nitrogen and oxygen atoms in total. The molecule has 6 rings (SSSR count). The van der Waals surface area contributed by atoms with E-state index in [4.69, 9.17) is 4.74 Å². The molecular weight excluding hydrogens is 473 g/mol. The number of hydrogen-bond acceptors (Lipinski definition) is 4. The lowest BCUT2D eigenvalue weighted by Crippen LogP contribution is -2.53. The summed E-state index contributed by atoms with van der Waals surface area (Å²) in [6, 6.07) is 9.74. The Morgan fingerprint density at radius 3 is 2.49 bits per heavy atom. The van der Waals surface area contributed by atoms with Gasteiger partial charge in [-0.2, -0.15) is 13.2 Å². The third-order valence-corrected chi connectivity index (χ3v) is 8.51. The molecule has 2 aromatic carbocycles. The highest BCUT2D eigenvalue weighted by molar-refractivity contribution is 7.98. The van der Waals surface area contributed by atoms with Gasteiger partial charge in [0.2, 0.25) is 0 Å². The van der Waals surface area contributed by atoms with Gasteiger partial charge < -0.3 is 10.1 Å². The van der Waals surface area contributed by atoms with Crippen molar-refractivity contribution in [2.75, 3.05) is 25.9 Å². The van der Waals surface area contributed by atoms with Crippen LogP contribution in [0.15, 0.2) is 41.3 Å². The van der Waals surface area contributed by atoms with Crippen molar-refractivity contribution in [2.24, 2.45) is 11.3 Å². The Morgan fingerprint density at radius 2 is 1.86 bits per heavy atom. The minimum absolute atomic E-state index is 0.0598. The van der Waals surface area contributed by atoms with Crippen molar-refractivity contribution >= 4 is 17.9 Å². The third-order valence-electron chi connectivity index (χ3n) is 7.80. The maximum Gasteiger partial charge on any atom is 0.416 e. The standard InChI is InChI=1S/C27H31F3N2O2S/c1-26(2)14-19-10-17(18-11-20(27(28,29)30)13-21(12-18)35-3)4-5-22(19)24(26)31-25(33)34-23-15-32-8-6-16(23)7-9-32/h4-5,10-13,16,23-24H,6-9,14-15H2,1-3H3,(H,31,33)/t23-,24?/m0/s1. The number of carbonyl (C=O) groups excluding carboxylic acids is 1. The second kappa shape index (κ2) is 9.04. The molecule has 0 aromatic heterocycles. The van der Waals surface area contributed by atoms with E-state index in [1.165, 1.54) is 23.9 Å². The van der Waals surface area contributed by atoms with Crippen LogP contribution in [-0.2, 0) is 17.3 Å². The molecule has 2 bridgehead atoms. The normalized spacial score (nSPS) is 26.9. The largest absolute Gasteiger partial charge is 0.445 e. The first-order valence-corrected chi connectivity index (χ1v) is 13.3. The number of hydrogen-bond donors (Lipinski definition) is 1. The molecule has 1 unspecified atom stereocenters. The Kier molecular flexibility index (Phi) is 6.33. The lowest BCUT2D eigenvalue weighted by Gasteiger charge is -2.44. The fraction of sp³-hybridized carbons (Fsp3) is 0.519. The van der Waals surface area contributed by atoms with Gasteiger partial charge in [0.25, 0.3) is 0 Å². The Balaban J connectivity index is 1.37. The fourth-order valence-electron chi connectivity index (χ4n) is 5.89. The molecule has 3 fully saturated rings. The van der Waals surface area contributed by atoms with E-state index in [0.29, 0.717) is 16.4 Å². The van der Waals surface area contributed by atoms with Crippen molar-refractivity contribution in [1.82, 2.24) is 10.2 Å². The van der Waals surface area contributed by atoms with Crippen molar-refractivity contribution in [2.45, 2.75) is 56.3 Å². The monoisotopic (exact) mass is 504 g/mol. The van der Waals surface area contributed by atoms with Crippen LogP contribution in [0.4, 0.5) is 18.0 Å². The topological polar surface area (TPSA) is 41.6 Å². The van der Waals surface area contributed by atoms with Gasteiger partial charge in [-0.05, 0) is 90.4 Å². The Hall–Kier alpha value is -2.19. The number of ether oxygens (including phenoxy) is 1. The molecule has 8 heteroatoms. The van der Waals surface area contributed by atoms with Crippen molar-refractivity contribution < 1.29 is 22.7 Å². The van der Waals surface area contributed by atoms with Gasteiger partial charge in [-0.1, -0.05) is 32.0 Å². The molecule has 0 radical (unpaired) electrons. The zero-order chi connectivity index (χ0) is 25.0. The van der Waals surface area contributed by atoms with Crippen LogP contribution in [-0.4, -0.2) is 43.0 Å². The summed E-state index contributed by atoms with van der Waals surface area (Å²) in [6.45, 7) is 7.18. The number of alkyl halides is 3. The summed E-state index contributed by atoms with van der Waals surface area (Å²) < 4.78 is 46.2. The number of nitrogens with zero attached hydrogens (tertiary/aromatic N) is 1. The smallest absolute Gasteiger partial charge is 0.416 e. The minimum atomic E-state index is -4.40. The van der Waals surface area contributed by atoms with E-state index in [1.807, 2.05) is 18.2 Å². The van der Waals surface area contributed by atoms with E-state index in [9.17, 15) is 18.0 Å². The average Bonchev–Trinajstić information content (AvgIpc) is 3.07.